The van der Waals surface area contributed by atoms with Crippen LogP contribution in [0.25, 0.3) is 0 Å². The van der Waals surface area contributed by atoms with E-state index in [2.05, 4.69) is 51.9 Å². The molecule has 0 fully saturated rings. The average Bonchev–Trinajstić information content (AvgIpc) is 2.63. The van der Waals surface area contributed by atoms with E-state index in [9.17, 15) is 4.79 Å². The number of carbonyl (C=O) groups is 1. The monoisotopic (exact) mass is 339 g/mol. The number of nitrogens with zero attached hydrogens (tertiary/aromatic N) is 1. The Balaban J connectivity index is 1.53. The number of carbonyl (C=O) groups excluding carboxylic acids is 1. The third-order valence-electron chi connectivity index (χ3n) is 4.15. The normalized spacial score (nSPS) is 10.3. The molecule has 4 nitrogen and oxygen atoms in total. The molecule has 0 unspecified atom stereocenters. The third kappa shape index (κ3) is 7.29. The lowest BCUT2D eigenvalue weighted by Gasteiger charge is -2.12. The van der Waals surface area contributed by atoms with E-state index in [1.54, 1.807) is 0 Å². The minimum absolute atomic E-state index is 0.0731. The summed E-state index contributed by atoms with van der Waals surface area (Å²) in [5.41, 5.74) is 3.82. The summed E-state index contributed by atoms with van der Waals surface area (Å²) in [4.78, 5) is 13.8. The van der Waals surface area contributed by atoms with Crippen molar-refractivity contribution >= 4 is 11.7 Å². The number of rotatable bonds is 9. The molecular weight excluding hydrogens is 310 g/mol. The van der Waals surface area contributed by atoms with Gasteiger partial charge < -0.3 is 15.5 Å². The van der Waals surface area contributed by atoms with Crippen LogP contribution < -0.4 is 15.5 Å². The summed E-state index contributed by atoms with van der Waals surface area (Å²) < 4.78 is 0. The lowest BCUT2D eigenvalue weighted by Crippen LogP contribution is -2.36. The smallest absolute Gasteiger partial charge is 0.314 e. The Hall–Kier alpha value is -2.49. The summed E-state index contributed by atoms with van der Waals surface area (Å²) in [6, 6.07) is 18.8. The molecule has 0 bridgehead atoms. The number of hydrogen-bond acceptors (Lipinski definition) is 2. The number of amides is 2. The van der Waals surface area contributed by atoms with Gasteiger partial charge in [0.2, 0.25) is 0 Å². The molecule has 2 rings (SSSR count). The van der Waals surface area contributed by atoms with E-state index in [1.807, 2.05) is 32.3 Å². The molecule has 2 aromatic carbocycles. The highest BCUT2D eigenvalue weighted by Crippen LogP contribution is 2.13. The second-order valence-corrected chi connectivity index (χ2v) is 6.44. The number of hydrogen-bond donors (Lipinski definition) is 2. The first kappa shape index (κ1) is 18.8. The molecule has 2 aromatic rings. The van der Waals surface area contributed by atoms with E-state index in [1.165, 1.54) is 16.8 Å². The van der Waals surface area contributed by atoms with Gasteiger partial charge in [-0.05, 0) is 48.9 Å². The van der Waals surface area contributed by atoms with Crippen molar-refractivity contribution in [1.82, 2.24) is 10.6 Å². The van der Waals surface area contributed by atoms with E-state index in [0.717, 1.165) is 25.7 Å². The van der Waals surface area contributed by atoms with E-state index in [0.29, 0.717) is 13.1 Å². The minimum Gasteiger partial charge on any atom is -0.378 e. The van der Waals surface area contributed by atoms with Crippen molar-refractivity contribution in [1.29, 1.82) is 0 Å². The zero-order chi connectivity index (χ0) is 17.9. The fourth-order valence-corrected chi connectivity index (χ4v) is 2.66. The van der Waals surface area contributed by atoms with Gasteiger partial charge in [0.05, 0.1) is 0 Å². The highest BCUT2D eigenvalue weighted by molar-refractivity contribution is 5.73. The predicted molar refractivity (Wildman–Crippen MR) is 105 cm³/mol. The van der Waals surface area contributed by atoms with Gasteiger partial charge in [-0.1, -0.05) is 42.5 Å². The van der Waals surface area contributed by atoms with Crippen LogP contribution in [0, 0.1) is 0 Å². The fourth-order valence-electron chi connectivity index (χ4n) is 2.66. The molecule has 4 heteroatoms. The zero-order valence-electron chi connectivity index (χ0n) is 15.3. The first-order valence-electron chi connectivity index (χ1n) is 8.97. The van der Waals surface area contributed by atoms with Crippen LogP contribution in [-0.4, -0.2) is 33.2 Å². The standard InChI is InChI=1S/C21H29N3O/c1-24(2)20-14-12-19(13-15-20)11-7-17-23-21(25)22-16-6-10-18-8-4-3-5-9-18/h3-5,8-9,12-15H,6-7,10-11,16-17H2,1-2H3,(H2,22,23,25). The molecule has 0 saturated heterocycles. The Morgan fingerprint density at radius 1 is 0.800 bits per heavy atom. The van der Waals surface area contributed by atoms with Crippen LogP contribution in [0.1, 0.15) is 24.0 Å². The predicted octanol–water partition coefficient (Wildman–Crippen LogP) is 3.62. The van der Waals surface area contributed by atoms with Gasteiger partial charge in [-0.2, -0.15) is 0 Å². The molecule has 0 heterocycles. The SMILES string of the molecule is CN(C)c1ccc(CCCNC(=O)NCCCc2ccccc2)cc1. The van der Waals surface area contributed by atoms with Crippen molar-refractivity contribution in [3.05, 3.63) is 65.7 Å². The maximum absolute atomic E-state index is 11.8. The fraction of sp³-hybridized carbons (Fsp3) is 0.381. The Morgan fingerprint density at radius 2 is 1.32 bits per heavy atom. The molecule has 134 valence electrons. The molecule has 2 amide bonds. The number of anilines is 1. The van der Waals surface area contributed by atoms with Crippen molar-refractivity contribution in [3.8, 4) is 0 Å². The number of nitrogens with one attached hydrogen (secondary N) is 2. The Labute approximate surface area is 151 Å². The lowest BCUT2D eigenvalue weighted by molar-refractivity contribution is 0.240. The van der Waals surface area contributed by atoms with Crippen molar-refractivity contribution in [2.24, 2.45) is 0 Å². The van der Waals surface area contributed by atoms with Gasteiger partial charge in [-0.15, -0.1) is 0 Å². The van der Waals surface area contributed by atoms with E-state index >= 15 is 0 Å². The van der Waals surface area contributed by atoms with Crippen molar-refractivity contribution in [2.75, 3.05) is 32.1 Å². The highest BCUT2D eigenvalue weighted by Gasteiger charge is 2.00. The molecule has 0 saturated carbocycles. The maximum atomic E-state index is 11.8. The van der Waals surface area contributed by atoms with Crippen LogP contribution in [0.2, 0.25) is 0 Å². The van der Waals surface area contributed by atoms with Gasteiger partial charge in [0.25, 0.3) is 0 Å². The zero-order valence-corrected chi connectivity index (χ0v) is 15.3. The molecule has 0 aliphatic carbocycles. The van der Waals surface area contributed by atoms with E-state index in [-0.39, 0.29) is 6.03 Å². The Bertz CT molecular complexity index is 623. The van der Waals surface area contributed by atoms with Gasteiger partial charge in [0, 0.05) is 32.9 Å². The topological polar surface area (TPSA) is 44.4 Å². The van der Waals surface area contributed by atoms with Crippen LogP contribution in [0.15, 0.2) is 54.6 Å². The first-order chi connectivity index (χ1) is 12.1. The van der Waals surface area contributed by atoms with Crippen molar-refractivity contribution < 1.29 is 4.79 Å². The summed E-state index contributed by atoms with van der Waals surface area (Å²) in [6.45, 7) is 1.40. The van der Waals surface area contributed by atoms with Crippen LogP contribution in [0.4, 0.5) is 10.5 Å². The van der Waals surface area contributed by atoms with Gasteiger partial charge in [0.15, 0.2) is 0 Å². The molecular formula is C21H29N3O. The summed E-state index contributed by atoms with van der Waals surface area (Å²) in [7, 11) is 4.08. The van der Waals surface area contributed by atoms with Gasteiger partial charge in [-0.25, -0.2) is 4.79 Å². The van der Waals surface area contributed by atoms with Crippen LogP contribution >= 0.6 is 0 Å². The minimum atomic E-state index is -0.0731. The summed E-state index contributed by atoms with van der Waals surface area (Å²) in [5, 5.41) is 5.84. The number of urea groups is 1. The molecule has 0 aliphatic heterocycles. The molecule has 0 aromatic heterocycles. The Morgan fingerprint density at radius 3 is 1.84 bits per heavy atom. The lowest BCUT2D eigenvalue weighted by atomic mass is 10.1. The van der Waals surface area contributed by atoms with E-state index in [4.69, 9.17) is 0 Å². The average molecular weight is 339 g/mol. The molecule has 25 heavy (non-hydrogen) atoms. The van der Waals surface area contributed by atoms with E-state index < -0.39 is 0 Å². The summed E-state index contributed by atoms with van der Waals surface area (Å²) in [5.74, 6) is 0. The largest absolute Gasteiger partial charge is 0.378 e. The maximum Gasteiger partial charge on any atom is 0.314 e. The first-order valence-corrected chi connectivity index (χ1v) is 8.97. The van der Waals surface area contributed by atoms with Crippen LogP contribution in [0.5, 0.6) is 0 Å². The van der Waals surface area contributed by atoms with Crippen LogP contribution in [0.3, 0.4) is 0 Å². The molecule has 0 atom stereocenters. The quantitative estimate of drug-likeness (QED) is 0.685. The second-order valence-electron chi connectivity index (χ2n) is 6.44. The van der Waals surface area contributed by atoms with Crippen molar-refractivity contribution in [2.45, 2.75) is 25.7 Å². The Kier molecular flexibility index (Phi) is 7.83. The highest BCUT2D eigenvalue weighted by atomic mass is 16.2. The third-order valence-corrected chi connectivity index (χ3v) is 4.15. The summed E-state index contributed by atoms with van der Waals surface area (Å²) in [6.07, 6.45) is 3.86. The van der Waals surface area contributed by atoms with Crippen molar-refractivity contribution in [3.63, 3.8) is 0 Å². The second kappa shape index (κ2) is 10.4. The van der Waals surface area contributed by atoms with Gasteiger partial charge in [0.1, 0.15) is 0 Å². The molecule has 0 radical (unpaired) electrons. The number of benzene rings is 2. The summed E-state index contributed by atoms with van der Waals surface area (Å²) >= 11 is 0. The molecule has 0 spiro atoms. The van der Waals surface area contributed by atoms with Gasteiger partial charge in [-0.3, -0.25) is 0 Å². The molecule has 2 N–H and O–H groups in total. The molecule has 0 aliphatic rings. The number of aryl methyl sites for hydroxylation is 2. The van der Waals surface area contributed by atoms with Gasteiger partial charge >= 0.3 is 6.03 Å². The van der Waals surface area contributed by atoms with Crippen LogP contribution in [-0.2, 0) is 12.8 Å².